The Balaban J connectivity index is 1.72. The highest BCUT2D eigenvalue weighted by atomic mass is 35.5. The van der Waals surface area contributed by atoms with Crippen LogP contribution in [0.1, 0.15) is 42.8 Å². The average molecular weight is 401 g/mol. The van der Waals surface area contributed by atoms with Crippen LogP contribution in [0.3, 0.4) is 0 Å². The predicted octanol–water partition coefficient (Wildman–Crippen LogP) is 3.18. The van der Waals surface area contributed by atoms with E-state index in [9.17, 15) is 4.79 Å². The van der Waals surface area contributed by atoms with E-state index in [1.54, 1.807) is 18.3 Å². The molecule has 146 valence electrons. The summed E-state index contributed by atoms with van der Waals surface area (Å²) in [6.45, 7) is 6.01. The van der Waals surface area contributed by atoms with E-state index in [2.05, 4.69) is 20.4 Å². The van der Waals surface area contributed by atoms with E-state index < -0.39 is 5.91 Å². The van der Waals surface area contributed by atoms with Gasteiger partial charge >= 0.3 is 11.8 Å². The van der Waals surface area contributed by atoms with Gasteiger partial charge in [0, 0.05) is 28.7 Å². The monoisotopic (exact) mass is 400 g/mol. The van der Waals surface area contributed by atoms with Gasteiger partial charge in [0.05, 0.1) is 5.69 Å². The van der Waals surface area contributed by atoms with Crippen LogP contribution in [0.5, 0.6) is 0 Å². The number of benzene rings is 1. The Labute approximate surface area is 167 Å². The van der Waals surface area contributed by atoms with Gasteiger partial charge in [0.25, 0.3) is 0 Å². The minimum absolute atomic E-state index is 0.0855. The first-order valence-electron chi connectivity index (χ1n) is 8.58. The number of pyridine rings is 1. The van der Waals surface area contributed by atoms with E-state index in [1.165, 1.54) is 0 Å². The van der Waals surface area contributed by atoms with E-state index in [1.807, 2.05) is 32.9 Å². The van der Waals surface area contributed by atoms with Crippen molar-refractivity contribution in [3.63, 3.8) is 0 Å². The van der Waals surface area contributed by atoms with E-state index in [4.69, 9.17) is 27.6 Å². The fourth-order valence-electron chi connectivity index (χ4n) is 2.47. The van der Waals surface area contributed by atoms with Gasteiger partial charge in [-0.2, -0.15) is 4.98 Å². The summed E-state index contributed by atoms with van der Waals surface area (Å²) in [5.41, 5.74) is 14.1. The number of carbonyl (C=O) groups excluding carboxylic acids is 1. The Morgan fingerprint density at radius 1 is 1.25 bits per heavy atom. The summed E-state index contributed by atoms with van der Waals surface area (Å²) in [6, 6.07) is 7.19. The summed E-state index contributed by atoms with van der Waals surface area (Å²) in [4.78, 5) is 20.3. The third kappa shape index (κ3) is 4.07. The Bertz CT molecular complexity index is 1030. The first-order valence-corrected chi connectivity index (χ1v) is 8.95. The zero-order chi connectivity index (χ0) is 20.5. The number of carbonyl (C=O) groups is 1. The van der Waals surface area contributed by atoms with E-state index in [0.29, 0.717) is 16.5 Å². The van der Waals surface area contributed by atoms with Crippen LogP contribution in [0.25, 0.3) is 11.1 Å². The van der Waals surface area contributed by atoms with Gasteiger partial charge < -0.3 is 21.3 Å². The number of hydrogen-bond acceptors (Lipinski definition) is 7. The van der Waals surface area contributed by atoms with Crippen molar-refractivity contribution in [3.8, 4) is 11.1 Å². The van der Waals surface area contributed by atoms with Crippen molar-refractivity contribution in [3.05, 3.63) is 52.8 Å². The van der Waals surface area contributed by atoms with Crippen molar-refractivity contribution >= 4 is 29.0 Å². The van der Waals surface area contributed by atoms with Crippen LogP contribution in [0.15, 0.2) is 35.0 Å². The molecule has 0 spiro atoms. The van der Waals surface area contributed by atoms with Gasteiger partial charge in [-0.3, -0.25) is 4.79 Å². The molecule has 0 aliphatic rings. The summed E-state index contributed by atoms with van der Waals surface area (Å²) < 4.78 is 5.04. The highest BCUT2D eigenvalue weighted by molar-refractivity contribution is 6.31. The molecule has 8 nitrogen and oxygen atoms in total. The second kappa shape index (κ2) is 7.47. The van der Waals surface area contributed by atoms with Crippen LogP contribution in [0.2, 0.25) is 5.02 Å². The van der Waals surface area contributed by atoms with Crippen LogP contribution in [0, 0.1) is 0 Å². The lowest BCUT2D eigenvalue weighted by atomic mass is 9.96. The molecule has 0 radical (unpaired) electrons. The number of halogens is 1. The van der Waals surface area contributed by atoms with Gasteiger partial charge in [-0.25, -0.2) is 4.98 Å². The summed E-state index contributed by atoms with van der Waals surface area (Å²) in [5, 5.41) is 7.05. The molecule has 0 bridgehead atoms. The zero-order valence-corrected chi connectivity index (χ0v) is 16.5. The largest absolute Gasteiger partial charge is 0.395 e. The van der Waals surface area contributed by atoms with Crippen LogP contribution < -0.4 is 16.8 Å². The average Bonchev–Trinajstić information content (AvgIpc) is 3.13. The molecule has 0 aliphatic heterocycles. The van der Waals surface area contributed by atoms with Gasteiger partial charge in [-0.15, -0.1) is 0 Å². The number of anilines is 2. The van der Waals surface area contributed by atoms with Crippen molar-refractivity contribution in [2.75, 3.05) is 11.5 Å². The Morgan fingerprint density at radius 2 is 2.00 bits per heavy atom. The van der Waals surface area contributed by atoms with Gasteiger partial charge in [0.1, 0.15) is 5.82 Å². The lowest BCUT2D eigenvalue weighted by Crippen LogP contribution is -2.23. The number of rotatable bonds is 4. The normalized spacial score (nSPS) is 11.4. The number of aromatic nitrogens is 3. The second-order valence-corrected chi connectivity index (χ2v) is 7.73. The molecule has 0 fully saturated rings. The van der Waals surface area contributed by atoms with Gasteiger partial charge in [-0.1, -0.05) is 49.7 Å². The molecule has 28 heavy (non-hydrogen) atoms. The molecule has 2 aromatic heterocycles. The summed E-state index contributed by atoms with van der Waals surface area (Å²) in [5.74, 6) is 0.181. The van der Waals surface area contributed by atoms with Crippen LogP contribution in [-0.2, 0) is 12.0 Å². The number of nitrogens with one attached hydrogen (secondary N) is 1. The third-order valence-electron chi connectivity index (χ3n) is 4.12. The quantitative estimate of drug-likeness (QED) is 0.612. The van der Waals surface area contributed by atoms with Crippen molar-refractivity contribution in [2.45, 2.75) is 32.7 Å². The fourth-order valence-corrected chi connectivity index (χ4v) is 2.72. The maximum atomic E-state index is 12.3. The van der Waals surface area contributed by atoms with E-state index in [-0.39, 0.29) is 23.7 Å². The number of hydrogen-bond donors (Lipinski definition) is 3. The highest BCUT2D eigenvalue weighted by Crippen LogP contribution is 2.31. The number of nitrogens with two attached hydrogens (primary N) is 2. The molecule has 9 heteroatoms. The molecule has 0 atom stereocenters. The SMILES string of the molecule is CC(C)(C)c1noc(C(=O)NCc2ccc(-c3ccnc(N)c3N)cc2Cl)n1. The smallest absolute Gasteiger partial charge is 0.315 e. The molecule has 1 amide bonds. The standard InChI is InChI=1S/C19H21ClN6O2/c1-19(2,3)18-25-17(28-26-18)16(27)24-9-11-5-4-10(8-13(11)20)12-6-7-23-15(22)14(12)21/h4-8H,9,21H2,1-3H3,(H2,22,23)(H,24,27). The van der Waals surface area contributed by atoms with Crippen molar-refractivity contribution < 1.29 is 9.32 Å². The molecule has 3 rings (SSSR count). The van der Waals surface area contributed by atoms with Gasteiger partial charge in [-0.05, 0) is 23.3 Å². The van der Waals surface area contributed by atoms with Crippen LogP contribution in [-0.4, -0.2) is 21.0 Å². The van der Waals surface area contributed by atoms with Crippen molar-refractivity contribution in [1.29, 1.82) is 0 Å². The topological polar surface area (TPSA) is 133 Å². The van der Waals surface area contributed by atoms with Crippen LogP contribution >= 0.6 is 11.6 Å². The molecular weight excluding hydrogens is 380 g/mol. The molecule has 2 heterocycles. The number of amides is 1. The zero-order valence-electron chi connectivity index (χ0n) is 15.8. The van der Waals surface area contributed by atoms with E-state index in [0.717, 1.165) is 16.7 Å². The molecule has 0 aliphatic carbocycles. The maximum Gasteiger partial charge on any atom is 0.315 e. The molecule has 1 aromatic carbocycles. The second-order valence-electron chi connectivity index (χ2n) is 7.32. The number of nitrogen functional groups attached to an aromatic ring is 2. The molecule has 3 aromatic rings. The molecule has 0 saturated carbocycles. The van der Waals surface area contributed by atoms with Gasteiger partial charge in [0.15, 0.2) is 5.82 Å². The molecule has 0 unspecified atom stereocenters. The molecular formula is C19H21ClN6O2. The minimum atomic E-state index is -0.464. The molecule has 5 N–H and O–H groups in total. The van der Waals surface area contributed by atoms with Gasteiger partial charge in [0.2, 0.25) is 0 Å². The molecule has 0 saturated heterocycles. The summed E-state index contributed by atoms with van der Waals surface area (Å²) in [7, 11) is 0. The fraction of sp³-hybridized carbons (Fsp3) is 0.263. The highest BCUT2D eigenvalue weighted by Gasteiger charge is 2.23. The van der Waals surface area contributed by atoms with Crippen LogP contribution in [0.4, 0.5) is 11.5 Å². The van der Waals surface area contributed by atoms with Crippen molar-refractivity contribution in [1.82, 2.24) is 20.4 Å². The Kier molecular flexibility index (Phi) is 5.24. The Morgan fingerprint density at radius 3 is 2.64 bits per heavy atom. The van der Waals surface area contributed by atoms with E-state index >= 15 is 0 Å². The third-order valence-corrected chi connectivity index (χ3v) is 4.47. The summed E-state index contributed by atoms with van der Waals surface area (Å²) >= 11 is 6.37. The number of nitrogens with zero attached hydrogens (tertiary/aromatic N) is 3. The first-order chi connectivity index (χ1) is 13.2. The lowest BCUT2D eigenvalue weighted by Gasteiger charge is -2.11. The Hall–Kier alpha value is -3.13. The first kappa shape index (κ1) is 19.6. The van der Waals surface area contributed by atoms with Crippen molar-refractivity contribution in [2.24, 2.45) is 0 Å². The summed E-state index contributed by atoms with van der Waals surface area (Å²) in [6.07, 6.45) is 1.58. The predicted molar refractivity (Wildman–Crippen MR) is 108 cm³/mol. The maximum absolute atomic E-state index is 12.3. The minimum Gasteiger partial charge on any atom is -0.395 e. The lowest BCUT2D eigenvalue weighted by molar-refractivity contribution is 0.0907.